The van der Waals surface area contributed by atoms with E-state index >= 15 is 0 Å². The molecule has 1 unspecified atom stereocenters. The van der Waals surface area contributed by atoms with Crippen LogP contribution in [0.5, 0.6) is 0 Å². The highest BCUT2D eigenvalue weighted by atomic mass is 15.2. The van der Waals surface area contributed by atoms with Crippen molar-refractivity contribution >= 4 is 0 Å². The van der Waals surface area contributed by atoms with Crippen LogP contribution in [0.3, 0.4) is 0 Å². The van der Waals surface area contributed by atoms with Crippen molar-refractivity contribution in [3.8, 4) is 0 Å². The van der Waals surface area contributed by atoms with Gasteiger partial charge in [-0.1, -0.05) is 44.2 Å². The highest BCUT2D eigenvalue weighted by molar-refractivity contribution is 5.20. The van der Waals surface area contributed by atoms with Gasteiger partial charge in [0.2, 0.25) is 0 Å². The van der Waals surface area contributed by atoms with Crippen molar-refractivity contribution in [2.45, 2.75) is 26.2 Å². The Bertz CT molecular complexity index is 334. The van der Waals surface area contributed by atoms with Crippen molar-refractivity contribution < 1.29 is 0 Å². The van der Waals surface area contributed by atoms with E-state index in [2.05, 4.69) is 54.4 Å². The van der Waals surface area contributed by atoms with Gasteiger partial charge in [0.15, 0.2) is 0 Å². The van der Waals surface area contributed by atoms with E-state index in [9.17, 15) is 0 Å². The summed E-state index contributed by atoms with van der Waals surface area (Å²) in [5, 5.41) is 3.52. The molecule has 18 heavy (non-hydrogen) atoms. The Morgan fingerprint density at radius 3 is 2.78 bits per heavy atom. The fraction of sp³-hybridized carbons (Fsp3) is 0.625. The minimum Gasteiger partial charge on any atom is -0.315 e. The molecule has 1 aromatic rings. The van der Waals surface area contributed by atoms with Gasteiger partial charge in [0.1, 0.15) is 0 Å². The highest BCUT2D eigenvalue weighted by Gasteiger charge is 2.22. The lowest BCUT2D eigenvalue weighted by Gasteiger charge is -2.17. The molecule has 1 aromatic carbocycles. The fourth-order valence-corrected chi connectivity index (χ4v) is 2.66. The monoisotopic (exact) mass is 246 g/mol. The van der Waals surface area contributed by atoms with Gasteiger partial charge in [-0.3, -0.25) is 0 Å². The van der Waals surface area contributed by atoms with Gasteiger partial charge in [0.25, 0.3) is 0 Å². The van der Waals surface area contributed by atoms with Crippen molar-refractivity contribution in [3.05, 3.63) is 35.9 Å². The summed E-state index contributed by atoms with van der Waals surface area (Å²) in [6.45, 7) is 10.4. The van der Waals surface area contributed by atoms with E-state index in [1.807, 2.05) is 0 Å². The first kappa shape index (κ1) is 13.6. The molecule has 1 saturated heterocycles. The Morgan fingerprint density at radius 1 is 1.28 bits per heavy atom. The van der Waals surface area contributed by atoms with Crippen molar-refractivity contribution in [2.24, 2.45) is 5.92 Å². The van der Waals surface area contributed by atoms with Crippen LogP contribution in [-0.2, 0) is 0 Å². The smallest absolute Gasteiger partial charge is 0.0107 e. The lowest BCUT2D eigenvalue weighted by atomic mass is 9.99. The van der Waals surface area contributed by atoms with Crippen LogP contribution in [-0.4, -0.2) is 37.6 Å². The Balaban J connectivity index is 1.69. The van der Waals surface area contributed by atoms with E-state index in [0.29, 0.717) is 0 Å². The number of nitrogens with one attached hydrogen (secondary N) is 1. The van der Waals surface area contributed by atoms with Crippen molar-refractivity contribution in [3.63, 3.8) is 0 Å². The number of rotatable bonds is 6. The maximum Gasteiger partial charge on any atom is 0.0107 e. The second-order valence-corrected chi connectivity index (χ2v) is 5.79. The molecule has 0 aromatic heterocycles. The number of benzene rings is 1. The first-order valence-corrected chi connectivity index (χ1v) is 7.23. The second kappa shape index (κ2) is 6.91. The molecule has 0 aliphatic carbocycles. The molecule has 1 aliphatic heterocycles. The summed E-state index contributed by atoms with van der Waals surface area (Å²) in [4.78, 5) is 2.59. The quantitative estimate of drug-likeness (QED) is 0.776. The summed E-state index contributed by atoms with van der Waals surface area (Å²) in [7, 11) is 0. The first-order valence-electron chi connectivity index (χ1n) is 7.23. The molecule has 0 bridgehead atoms. The zero-order chi connectivity index (χ0) is 12.8. The molecule has 2 nitrogen and oxygen atoms in total. The Hall–Kier alpha value is -0.860. The van der Waals surface area contributed by atoms with E-state index in [1.54, 1.807) is 0 Å². The summed E-state index contributed by atoms with van der Waals surface area (Å²) >= 11 is 0. The molecule has 100 valence electrons. The molecule has 1 fully saturated rings. The number of hydrogen-bond donors (Lipinski definition) is 1. The lowest BCUT2D eigenvalue weighted by molar-refractivity contribution is 0.329. The molecular weight excluding hydrogens is 220 g/mol. The number of likely N-dealkylation sites (tertiary alicyclic amines) is 1. The SMILES string of the molecule is CC(C)CNCCN1CCC(c2ccccc2)C1. The minimum atomic E-state index is 0.747. The van der Waals surface area contributed by atoms with Crippen LogP contribution < -0.4 is 5.32 Å². The molecule has 2 heteroatoms. The van der Waals surface area contributed by atoms with E-state index in [0.717, 1.165) is 24.9 Å². The molecule has 1 heterocycles. The third-order valence-electron chi connectivity index (χ3n) is 3.70. The number of hydrogen-bond acceptors (Lipinski definition) is 2. The molecule has 0 spiro atoms. The highest BCUT2D eigenvalue weighted by Crippen LogP contribution is 2.26. The third kappa shape index (κ3) is 4.11. The standard InChI is InChI=1S/C16H26N2/c1-14(2)12-17-9-11-18-10-8-16(13-18)15-6-4-3-5-7-15/h3-7,14,16-17H,8-13H2,1-2H3. The predicted octanol–water partition coefficient (Wildman–Crippen LogP) is 2.72. The number of nitrogens with zero attached hydrogens (tertiary/aromatic N) is 1. The van der Waals surface area contributed by atoms with Crippen LogP contribution in [0.25, 0.3) is 0 Å². The average molecular weight is 246 g/mol. The molecule has 0 amide bonds. The Morgan fingerprint density at radius 2 is 2.06 bits per heavy atom. The van der Waals surface area contributed by atoms with Crippen LogP contribution in [0, 0.1) is 5.92 Å². The summed E-state index contributed by atoms with van der Waals surface area (Å²) in [5.74, 6) is 1.50. The van der Waals surface area contributed by atoms with Gasteiger partial charge in [-0.2, -0.15) is 0 Å². The molecule has 0 radical (unpaired) electrons. The Kier molecular flexibility index (Phi) is 5.21. The van der Waals surface area contributed by atoms with Crippen molar-refractivity contribution in [2.75, 3.05) is 32.7 Å². The zero-order valence-electron chi connectivity index (χ0n) is 11.7. The third-order valence-corrected chi connectivity index (χ3v) is 3.70. The van der Waals surface area contributed by atoms with Gasteiger partial charge < -0.3 is 10.2 Å². The van der Waals surface area contributed by atoms with Gasteiger partial charge in [-0.25, -0.2) is 0 Å². The van der Waals surface area contributed by atoms with Gasteiger partial charge in [0.05, 0.1) is 0 Å². The summed E-state index contributed by atoms with van der Waals surface area (Å²) in [6, 6.07) is 11.0. The van der Waals surface area contributed by atoms with Gasteiger partial charge >= 0.3 is 0 Å². The molecular formula is C16H26N2. The predicted molar refractivity (Wildman–Crippen MR) is 77.9 cm³/mol. The molecule has 1 N–H and O–H groups in total. The van der Waals surface area contributed by atoms with E-state index in [1.165, 1.54) is 31.6 Å². The van der Waals surface area contributed by atoms with Crippen LogP contribution in [0.15, 0.2) is 30.3 Å². The van der Waals surface area contributed by atoms with E-state index in [4.69, 9.17) is 0 Å². The topological polar surface area (TPSA) is 15.3 Å². The minimum absolute atomic E-state index is 0.747. The van der Waals surface area contributed by atoms with E-state index < -0.39 is 0 Å². The zero-order valence-corrected chi connectivity index (χ0v) is 11.7. The fourth-order valence-electron chi connectivity index (χ4n) is 2.66. The Labute approximate surface area is 111 Å². The maximum atomic E-state index is 3.52. The van der Waals surface area contributed by atoms with Gasteiger partial charge in [-0.15, -0.1) is 0 Å². The molecule has 1 atom stereocenters. The molecule has 1 aliphatic rings. The van der Waals surface area contributed by atoms with Gasteiger partial charge in [0, 0.05) is 19.6 Å². The summed E-state index contributed by atoms with van der Waals surface area (Å²) in [6.07, 6.45) is 1.31. The van der Waals surface area contributed by atoms with Crippen molar-refractivity contribution in [1.82, 2.24) is 10.2 Å². The lowest BCUT2D eigenvalue weighted by Crippen LogP contribution is -2.32. The molecule has 2 rings (SSSR count). The summed E-state index contributed by atoms with van der Waals surface area (Å²) < 4.78 is 0. The second-order valence-electron chi connectivity index (χ2n) is 5.79. The van der Waals surface area contributed by atoms with Crippen LogP contribution in [0.4, 0.5) is 0 Å². The van der Waals surface area contributed by atoms with Crippen LogP contribution >= 0.6 is 0 Å². The summed E-state index contributed by atoms with van der Waals surface area (Å²) in [5.41, 5.74) is 1.51. The largest absolute Gasteiger partial charge is 0.315 e. The normalized spacial score (nSPS) is 20.7. The van der Waals surface area contributed by atoms with Crippen LogP contribution in [0.2, 0.25) is 0 Å². The van der Waals surface area contributed by atoms with Crippen LogP contribution in [0.1, 0.15) is 31.7 Å². The average Bonchev–Trinajstić information content (AvgIpc) is 2.84. The molecule has 0 saturated carbocycles. The van der Waals surface area contributed by atoms with Crippen molar-refractivity contribution in [1.29, 1.82) is 0 Å². The maximum absolute atomic E-state index is 3.52. The van der Waals surface area contributed by atoms with Gasteiger partial charge in [-0.05, 0) is 36.9 Å². The first-order chi connectivity index (χ1) is 8.75. The van der Waals surface area contributed by atoms with E-state index in [-0.39, 0.29) is 0 Å².